The molecule has 0 amide bonds. The third-order valence-corrected chi connectivity index (χ3v) is 1.78. The Kier molecular flexibility index (Phi) is 1.30. The van der Waals surface area contributed by atoms with E-state index in [1.54, 1.807) is 11.6 Å². The molecule has 13 heavy (non-hydrogen) atoms. The van der Waals surface area contributed by atoms with E-state index < -0.39 is 5.56 Å². The third-order valence-electron chi connectivity index (χ3n) is 1.78. The Bertz CT molecular complexity index is 524. The van der Waals surface area contributed by atoms with E-state index in [-0.39, 0.29) is 11.5 Å². The van der Waals surface area contributed by atoms with Gasteiger partial charge in [0.2, 0.25) is 5.78 Å². The maximum absolute atomic E-state index is 11.1. The molecule has 2 heterocycles. The molecule has 7 heteroatoms. The second-order valence-electron chi connectivity index (χ2n) is 2.67. The highest BCUT2D eigenvalue weighted by molar-refractivity contribution is 5.59. The van der Waals surface area contributed by atoms with Crippen molar-refractivity contribution in [2.45, 2.75) is 0 Å². The second kappa shape index (κ2) is 2.22. The van der Waals surface area contributed by atoms with Gasteiger partial charge in [0.15, 0.2) is 5.82 Å². The molecular formula is C6H8N6O. The lowest BCUT2D eigenvalue weighted by molar-refractivity contribution is 0.917. The number of rotatable bonds is 0. The molecule has 2 aromatic heterocycles. The normalized spacial score (nSPS) is 10.8. The molecule has 4 N–H and O–H groups in total. The number of nitrogens with zero attached hydrogens (tertiary/aromatic N) is 4. The molecule has 0 spiro atoms. The van der Waals surface area contributed by atoms with Gasteiger partial charge in [-0.15, -0.1) is 0 Å². The fourth-order valence-electron chi connectivity index (χ4n) is 1.05. The standard InChI is InChI=1S/C6H8N6O/c1-11-2-9-12-4(8)3(7)5(13)10-6(11)12/h2H,7-8H2,1H3. The molecule has 0 atom stereocenters. The van der Waals surface area contributed by atoms with Crippen LogP contribution in [-0.2, 0) is 7.05 Å². The Hall–Kier alpha value is -2.05. The van der Waals surface area contributed by atoms with Gasteiger partial charge in [0.1, 0.15) is 12.0 Å². The molecule has 0 bridgehead atoms. The van der Waals surface area contributed by atoms with Gasteiger partial charge in [-0.1, -0.05) is 0 Å². The fourth-order valence-corrected chi connectivity index (χ4v) is 1.05. The lowest BCUT2D eigenvalue weighted by Gasteiger charge is -2.00. The van der Waals surface area contributed by atoms with Crippen LogP contribution in [0.4, 0.5) is 11.5 Å². The van der Waals surface area contributed by atoms with Crippen molar-refractivity contribution in [1.29, 1.82) is 0 Å². The first-order valence-electron chi connectivity index (χ1n) is 3.56. The number of anilines is 2. The maximum atomic E-state index is 11.1. The molecule has 0 saturated heterocycles. The van der Waals surface area contributed by atoms with Crippen LogP contribution >= 0.6 is 0 Å². The molecule has 0 radical (unpaired) electrons. The van der Waals surface area contributed by atoms with Crippen LogP contribution in [0.15, 0.2) is 11.1 Å². The Labute approximate surface area is 72.6 Å². The lowest BCUT2D eigenvalue weighted by Crippen LogP contribution is -2.19. The van der Waals surface area contributed by atoms with Crippen molar-refractivity contribution in [1.82, 2.24) is 19.2 Å². The SMILES string of the molecule is Cn1cnn2c(N)c(N)c(=O)nc12. The smallest absolute Gasteiger partial charge is 0.299 e. The van der Waals surface area contributed by atoms with Gasteiger partial charge in [-0.25, -0.2) is 0 Å². The number of hydrogen-bond acceptors (Lipinski definition) is 5. The average molecular weight is 180 g/mol. The molecule has 7 nitrogen and oxygen atoms in total. The molecule has 0 aromatic carbocycles. The Morgan fingerprint density at radius 3 is 2.85 bits per heavy atom. The van der Waals surface area contributed by atoms with Gasteiger partial charge in [0.05, 0.1) is 0 Å². The first kappa shape index (κ1) is 7.59. The topological polar surface area (TPSA) is 104 Å². The third kappa shape index (κ3) is 0.866. The zero-order valence-corrected chi connectivity index (χ0v) is 6.93. The van der Waals surface area contributed by atoms with Crippen LogP contribution in [0.1, 0.15) is 0 Å². The van der Waals surface area contributed by atoms with Crippen molar-refractivity contribution in [3.8, 4) is 0 Å². The molecule has 0 aliphatic rings. The van der Waals surface area contributed by atoms with Gasteiger partial charge in [-0.3, -0.25) is 4.79 Å². The fraction of sp³-hybridized carbons (Fsp3) is 0.167. The van der Waals surface area contributed by atoms with Gasteiger partial charge < -0.3 is 16.0 Å². The van der Waals surface area contributed by atoms with E-state index in [2.05, 4.69) is 10.1 Å². The summed E-state index contributed by atoms with van der Waals surface area (Å²) in [7, 11) is 1.71. The Morgan fingerprint density at radius 2 is 2.15 bits per heavy atom. The van der Waals surface area contributed by atoms with Crippen LogP contribution in [0.5, 0.6) is 0 Å². The van der Waals surface area contributed by atoms with E-state index in [1.165, 1.54) is 10.8 Å². The summed E-state index contributed by atoms with van der Waals surface area (Å²) in [5.41, 5.74) is 10.3. The van der Waals surface area contributed by atoms with Crippen LogP contribution < -0.4 is 17.0 Å². The van der Waals surface area contributed by atoms with Gasteiger partial charge in [0.25, 0.3) is 5.56 Å². The number of aromatic nitrogens is 4. The monoisotopic (exact) mass is 180 g/mol. The summed E-state index contributed by atoms with van der Waals surface area (Å²) in [5, 5.41) is 3.89. The number of aryl methyl sites for hydroxylation is 1. The molecule has 2 rings (SSSR count). The summed E-state index contributed by atoms with van der Waals surface area (Å²) < 4.78 is 2.90. The lowest BCUT2D eigenvalue weighted by atomic mass is 10.5. The molecule has 0 aliphatic carbocycles. The second-order valence-corrected chi connectivity index (χ2v) is 2.67. The minimum atomic E-state index is -0.527. The van der Waals surface area contributed by atoms with Crippen LogP contribution in [0, 0.1) is 0 Å². The van der Waals surface area contributed by atoms with Crippen LogP contribution in [0.3, 0.4) is 0 Å². The first-order valence-corrected chi connectivity index (χ1v) is 3.56. The first-order chi connectivity index (χ1) is 6.11. The van der Waals surface area contributed by atoms with Gasteiger partial charge >= 0.3 is 0 Å². The van der Waals surface area contributed by atoms with Crippen molar-refractivity contribution < 1.29 is 0 Å². The molecule has 0 fully saturated rings. The van der Waals surface area contributed by atoms with Crippen molar-refractivity contribution >= 4 is 17.3 Å². The summed E-state index contributed by atoms with van der Waals surface area (Å²) >= 11 is 0. The van der Waals surface area contributed by atoms with E-state index in [1.807, 2.05) is 0 Å². The average Bonchev–Trinajstić information content (AvgIpc) is 2.45. The molecule has 0 saturated carbocycles. The number of hydrogen-bond donors (Lipinski definition) is 2. The molecule has 68 valence electrons. The zero-order valence-electron chi connectivity index (χ0n) is 6.93. The summed E-state index contributed by atoms with van der Waals surface area (Å²) in [6.07, 6.45) is 1.50. The molecule has 0 unspecified atom stereocenters. The predicted molar refractivity (Wildman–Crippen MR) is 47.1 cm³/mol. The number of nitrogens with two attached hydrogens (primary N) is 2. The van der Waals surface area contributed by atoms with E-state index in [9.17, 15) is 4.79 Å². The van der Waals surface area contributed by atoms with E-state index in [0.717, 1.165) is 0 Å². The largest absolute Gasteiger partial charge is 0.391 e. The number of nitrogen functional groups attached to an aromatic ring is 2. The van der Waals surface area contributed by atoms with Crippen LogP contribution in [-0.4, -0.2) is 19.2 Å². The Morgan fingerprint density at radius 1 is 1.46 bits per heavy atom. The quantitative estimate of drug-likeness (QED) is 0.518. The maximum Gasteiger partial charge on any atom is 0.299 e. The van der Waals surface area contributed by atoms with Crippen LogP contribution in [0.25, 0.3) is 5.78 Å². The van der Waals surface area contributed by atoms with Crippen LogP contribution in [0.2, 0.25) is 0 Å². The minimum absolute atomic E-state index is 0.0730. The highest BCUT2D eigenvalue weighted by atomic mass is 16.1. The highest BCUT2D eigenvalue weighted by Gasteiger charge is 2.09. The Balaban J connectivity index is 3.05. The predicted octanol–water partition coefficient (Wildman–Crippen LogP) is -1.41. The molecule has 0 aliphatic heterocycles. The van der Waals surface area contributed by atoms with Gasteiger partial charge in [0, 0.05) is 7.05 Å². The summed E-state index contributed by atoms with van der Waals surface area (Å²) in [5.74, 6) is 0.493. The van der Waals surface area contributed by atoms with Crippen molar-refractivity contribution in [3.63, 3.8) is 0 Å². The minimum Gasteiger partial charge on any atom is -0.391 e. The summed E-state index contributed by atoms with van der Waals surface area (Å²) in [6.45, 7) is 0. The summed E-state index contributed by atoms with van der Waals surface area (Å²) in [6, 6.07) is 0. The van der Waals surface area contributed by atoms with Gasteiger partial charge in [-0.05, 0) is 0 Å². The van der Waals surface area contributed by atoms with E-state index >= 15 is 0 Å². The highest BCUT2D eigenvalue weighted by Crippen LogP contribution is 2.08. The van der Waals surface area contributed by atoms with Crippen molar-refractivity contribution in [3.05, 3.63) is 16.7 Å². The van der Waals surface area contributed by atoms with E-state index in [4.69, 9.17) is 11.5 Å². The number of fused-ring (bicyclic) bond motifs is 1. The summed E-state index contributed by atoms with van der Waals surface area (Å²) in [4.78, 5) is 14.8. The molecule has 2 aromatic rings. The zero-order chi connectivity index (χ0) is 9.59. The molecular weight excluding hydrogens is 172 g/mol. The van der Waals surface area contributed by atoms with Crippen molar-refractivity contribution in [2.75, 3.05) is 11.5 Å². The van der Waals surface area contributed by atoms with Gasteiger partial charge in [-0.2, -0.15) is 14.6 Å². The van der Waals surface area contributed by atoms with E-state index in [0.29, 0.717) is 5.78 Å². The van der Waals surface area contributed by atoms with Crippen molar-refractivity contribution in [2.24, 2.45) is 7.05 Å².